The summed E-state index contributed by atoms with van der Waals surface area (Å²) in [5, 5.41) is 0.592. The molecule has 114 valence electrons. The Hall–Kier alpha value is -2.46. The van der Waals surface area contributed by atoms with E-state index in [0.29, 0.717) is 22.8 Å². The van der Waals surface area contributed by atoms with E-state index in [2.05, 4.69) is 9.98 Å². The first-order valence-electron chi connectivity index (χ1n) is 7.28. The smallest absolute Gasteiger partial charge is 0.132 e. The van der Waals surface area contributed by atoms with Gasteiger partial charge in [-0.15, -0.1) is 0 Å². The number of hydrogen-bond acceptors (Lipinski definition) is 2. The van der Waals surface area contributed by atoms with Gasteiger partial charge in [-0.3, -0.25) is 9.56 Å². The lowest BCUT2D eigenvalue weighted by Gasteiger charge is -2.14. The van der Waals surface area contributed by atoms with Gasteiger partial charge in [-0.2, -0.15) is 0 Å². The van der Waals surface area contributed by atoms with Crippen molar-refractivity contribution in [1.82, 2.24) is 9.55 Å². The lowest BCUT2D eigenvalue weighted by molar-refractivity contribution is 0.625. The van der Waals surface area contributed by atoms with Crippen LogP contribution in [-0.4, -0.2) is 15.3 Å². The number of fused-ring (bicyclic) bond motifs is 3. The summed E-state index contributed by atoms with van der Waals surface area (Å²) in [6.45, 7) is 2.38. The molecular formula is C18H13ClFN3. The van der Waals surface area contributed by atoms with Crippen molar-refractivity contribution in [2.24, 2.45) is 4.99 Å². The van der Waals surface area contributed by atoms with E-state index in [-0.39, 0.29) is 5.82 Å². The van der Waals surface area contributed by atoms with Crippen LogP contribution < -0.4 is 0 Å². The SMILES string of the molecule is [13CH3][13c]1n[13cH]c2n1-c1ccc(Cl)cc1C(c1ccccc1F)=NC2. The maximum Gasteiger partial charge on any atom is 0.132 e. The third-order valence-electron chi connectivity index (χ3n) is 3.99. The van der Waals surface area contributed by atoms with E-state index in [4.69, 9.17) is 11.6 Å². The molecule has 5 heteroatoms. The molecule has 0 saturated heterocycles. The molecule has 0 aliphatic carbocycles. The van der Waals surface area contributed by atoms with E-state index in [0.717, 1.165) is 22.8 Å². The summed E-state index contributed by atoms with van der Waals surface area (Å²) in [7, 11) is 0. The zero-order chi connectivity index (χ0) is 16.0. The highest BCUT2D eigenvalue weighted by atomic mass is 35.5. The minimum absolute atomic E-state index is 0.293. The van der Waals surface area contributed by atoms with E-state index in [1.165, 1.54) is 6.07 Å². The molecule has 23 heavy (non-hydrogen) atoms. The van der Waals surface area contributed by atoms with Gasteiger partial charge in [0.25, 0.3) is 0 Å². The highest BCUT2D eigenvalue weighted by Gasteiger charge is 2.22. The second-order valence-electron chi connectivity index (χ2n) is 5.44. The molecule has 4 rings (SSSR count). The molecule has 3 nitrogen and oxygen atoms in total. The number of hydrogen-bond donors (Lipinski definition) is 0. The van der Waals surface area contributed by atoms with Crippen LogP contribution in [0.1, 0.15) is 22.6 Å². The lowest BCUT2D eigenvalue weighted by Crippen LogP contribution is -2.09. The molecule has 0 spiro atoms. The lowest BCUT2D eigenvalue weighted by atomic mass is 10.00. The second-order valence-corrected chi connectivity index (χ2v) is 5.87. The van der Waals surface area contributed by atoms with Crippen molar-refractivity contribution in [1.29, 1.82) is 0 Å². The summed E-state index contributed by atoms with van der Waals surface area (Å²) in [6, 6.07) is 12.3. The van der Waals surface area contributed by atoms with Crippen LogP contribution in [0.5, 0.6) is 0 Å². The third kappa shape index (κ3) is 2.26. The summed E-state index contributed by atoms with van der Waals surface area (Å²) < 4.78 is 16.3. The fourth-order valence-corrected chi connectivity index (χ4v) is 3.13. The molecule has 0 bridgehead atoms. The average Bonchev–Trinajstić information content (AvgIpc) is 2.82. The first-order valence-corrected chi connectivity index (χ1v) is 7.66. The summed E-state index contributed by atoms with van der Waals surface area (Å²) in [5.41, 5.74) is 3.79. The Bertz CT molecular complexity index is 943. The summed E-state index contributed by atoms with van der Waals surface area (Å²) in [4.78, 5) is 9.01. The number of nitrogens with zero attached hydrogens (tertiary/aromatic N) is 3. The number of aryl methyl sites for hydroxylation is 1. The highest BCUT2D eigenvalue weighted by Crippen LogP contribution is 2.29. The number of aliphatic imine (C=N–C) groups is 1. The molecule has 1 aromatic heterocycles. The molecule has 0 unspecified atom stereocenters. The van der Waals surface area contributed by atoms with Gasteiger partial charge in [-0.1, -0.05) is 23.7 Å². The van der Waals surface area contributed by atoms with Gasteiger partial charge < -0.3 is 0 Å². The van der Waals surface area contributed by atoms with Gasteiger partial charge in [0.15, 0.2) is 0 Å². The molecular weight excluding hydrogens is 316 g/mol. The molecule has 2 aromatic carbocycles. The predicted molar refractivity (Wildman–Crippen MR) is 89.1 cm³/mol. The molecule has 0 radical (unpaired) electrons. The Morgan fingerprint density at radius 1 is 1.13 bits per heavy atom. The molecule has 1 aliphatic heterocycles. The van der Waals surface area contributed by atoms with Crippen molar-refractivity contribution >= 4 is 17.3 Å². The quantitative estimate of drug-likeness (QED) is 0.612. The normalized spacial score (nSPS) is 13.1. The van der Waals surface area contributed by atoms with Gasteiger partial charge in [-0.05, 0) is 37.3 Å². The van der Waals surface area contributed by atoms with Gasteiger partial charge in [0, 0.05) is 16.1 Å². The van der Waals surface area contributed by atoms with Crippen LogP contribution in [0.4, 0.5) is 4.39 Å². The largest absolute Gasteiger partial charge is 0.298 e. The first kappa shape index (κ1) is 14.2. The van der Waals surface area contributed by atoms with Crippen LogP contribution in [0.2, 0.25) is 5.02 Å². The Balaban J connectivity index is 2.03. The summed E-state index contributed by atoms with van der Waals surface area (Å²) in [6.07, 6.45) is 1.81. The minimum atomic E-state index is -0.293. The van der Waals surface area contributed by atoms with Gasteiger partial charge in [0.2, 0.25) is 0 Å². The average molecular weight is 329 g/mol. The zero-order valence-electron chi connectivity index (χ0n) is 12.4. The molecule has 0 amide bonds. The van der Waals surface area contributed by atoms with E-state index in [1.54, 1.807) is 12.1 Å². The van der Waals surface area contributed by atoms with Crippen molar-refractivity contribution in [2.45, 2.75) is 13.5 Å². The van der Waals surface area contributed by atoms with Gasteiger partial charge >= 0.3 is 0 Å². The zero-order valence-corrected chi connectivity index (χ0v) is 13.2. The Morgan fingerprint density at radius 3 is 2.78 bits per heavy atom. The van der Waals surface area contributed by atoms with Gasteiger partial charge in [-0.25, -0.2) is 9.37 Å². The first-order chi connectivity index (χ1) is 11.1. The second kappa shape index (κ2) is 5.32. The summed E-state index contributed by atoms with van der Waals surface area (Å²) >= 11 is 6.19. The van der Waals surface area contributed by atoms with Crippen molar-refractivity contribution in [3.8, 4) is 5.69 Å². The van der Waals surface area contributed by atoms with Crippen LogP contribution in [0, 0.1) is 12.7 Å². The van der Waals surface area contributed by atoms with Crippen LogP contribution >= 0.6 is 11.6 Å². The fraction of sp³-hybridized carbons (Fsp3) is 0.111. The highest BCUT2D eigenvalue weighted by molar-refractivity contribution is 6.31. The number of aromatic nitrogens is 2. The van der Waals surface area contributed by atoms with E-state index in [1.807, 2.05) is 42.0 Å². The number of benzene rings is 2. The van der Waals surface area contributed by atoms with Crippen molar-refractivity contribution in [2.75, 3.05) is 0 Å². The van der Waals surface area contributed by atoms with Crippen LogP contribution in [0.25, 0.3) is 5.69 Å². The van der Waals surface area contributed by atoms with Crippen molar-refractivity contribution in [3.05, 3.63) is 82.1 Å². The standard InChI is InChI=1S/C18H13ClFN3/c1-11-21-9-13-10-22-18(14-4-2-3-5-16(14)20)15-8-12(19)6-7-17(15)23(11)13/h2-9H,10H2,1H3/i1+1,9+1,11+1. The molecule has 1 aliphatic rings. The summed E-state index contributed by atoms with van der Waals surface area (Å²) in [5.74, 6) is 0.576. The predicted octanol–water partition coefficient (Wildman–Crippen LogP) is 4.32. The molecule has 0 saturated carbocycles. The Morgan fingerprint density at radius 2 is 1.96 bits per heavy atom. The molecule has 0 N–H and O–H groups in total. The monoisotopic (exact) mass is 328 g/mol. The topological polar surface area (TPSA) is 30.2 Å². The molecule has 0 fully saturated rings. The maximum atomic E-state index is 14.3. The van der Waals surface area contributed by atoms with Crippen LogP contribution in [0.15, 0.2) is 53.7 Å². The molecule has 2 heterocycles. The van der Waals surface area contributed by atoms with Gasteiger partial charge in [0.05, 0.1) is 29.8 Å². The fourth-order valence-electron chi connectivity index (χ4n) is 2.95. The number of halogens is 2. The Kier molecular flexibility index (Phi) is 3.27. The minimum Gasteiger partial charge on any atom is -0.298 e. The van der Waals surface area contributed by atoms with E-state index in [9.17, 15) is 4.39 Å². The van der Waals surface area contributed by atoms with E-state index < -0.39 is 0 Å². The number of imidazole rings is 1. The van der Waals surface area contributed by atoms with Crippen LogP contribution in [-0.2, 0) is 6.54 Å². The Labute approximate surface area is 138 Å². The number of rotatable bonds is 1. The van der Waals surface area contributed by atoms with Crippen molar-refractivity contribution in [3.63, 3.8) is 0 Å². The molecule has 3 aromatic rings. The van der Waals surface area contributed by atoms with Crippen LogP contribution in [0.3, 0.4) is 0 Å². The maximum absolute atomic E-state index is 14.3. The van der Waals surface area contributed by atoms with Crippen molar-refractivity contribution < 1.29 is 4.39 Å². The third-order valence-corrected chi connectivity index (χ3v) is 4.23. The van der Waals surface area contributed by atoms with Gasteiger partial charge in [0.1, 0.15) is 11.6 Å². The van der Waals surface area contributed by atoms with E-state index >= 15 is 0 Å². The molecule has 0 atom stereocenters.